The molecule has 8 nitrogen and oxygen atoms in total. The molecule has 0 saturated heterocycles. The van der Waals surface area contributed by atoms with Gasteiger partial charge in [0.05, 0.1) is 11.8 Å². The number of nitrogens with one attached hydrogen (secondary N) is 1. The average Bonchev–Trinajstić information content (AvgIpc) is 3.34. The monoisotopic (exact) mass is 433 g/mol. The number of H-pyrrole nitrogens is 1. The molecule has 4 heterocycles. The number of benzene rings is 1. The summed E-state index contributed by atoms with van der Waals surface area (Å²) in [5.41, 5.74) is 3.06. The molecule has 1 saturated carbocycles. The van der Waals surface area contributed by atoms with Gasteiger partial charge in [-0.2, -0.15) is 0 Å². The van der Waals surface area contributed by atoms with Crippen LogP contribution in [0.5, 0.6) is 0 Å². The van der Waals surface area contributed by atoms with Crippen molar-refractivity contribution in [1.82, 2.24) is 24.9 Å². The number of aromatic amines is 1. The van der Waals surface area contributed by atoms with Crippen LogP contribution in [0.25, 0.3) is 22.6 Å². The fourth-order valence-corrected chi connectivity index (χ4v) is 4.71. The minimum atomic E-state index is -0.571. The zero-order chi connectivity index (χ0) is 21.0. The van der Waals surface area contributed by atoms with Gasteiger partial charge in [0.15, 0.2) is 11.5 Å². The first-order valence-electron chi connectivity index (χ1n) is 10.3. The van der Waals surface area contributed by atoms with Crippen molar-refractivity contribution in [2.75, 3.05) is 0 Å². The van der Waals surface area contributed by atoms with Gasteiger partial charge >= 0.3 is 5.97 Å². The summed E-state index contributed by atoms with van der Waals surface area (Å²) in [6, 6.07) is 7.83. The van der Waals surface area contributed by atoms with Gasteiger partial charge in [0.1, 0.15) is 22.8 Å². The van der Waals surface area contributed by atoms with Crippen LogP contribution in [0.15, 0.2) is 48.9 Å². The summed E-state index contributed by atoms with van der Waals surface area (Å²) in [6.45, 7) is 0. The highest BCUT2D eigenvalue weighted by molar-refractivity contribution is 5.94. The number of ether oxygens (including phenoxy) is 1. The first-order chi connectivity index (χ1) is 15.1. The lowest BCUT2D eigenvalue weighted by Gasteiger charge is -2.35. The number of fused-ring (bicyclic) bond motifs is 3. The number of rotatable bonds is 2. The van der Waals surface area contributed by atoms with Gasteiger partial charge in [0.25, 0.3) is 0 Å². The highest BCUT2D eigenvalue weighted by Gasteiger charge is 2.48. The Bertz CT molecular complexity index is 1310. The van der Waals surface area contributed by atoms with Gasteiger partial charge in [-0.1, -0.05) is 0 Å². The van der Waals surface area contributed by atoms with Gasteiger partial charge in [0.2, 0.25) is 0 Å². The summed E-state index contributed by atoms with van der Waals surface area (Å²) in [5.74, 6) is 1.05. The Morgan fingerprint density at radius 2 is 1.84 bits per heavy atom. The van der Waals surface area contributed by atoms with E-state index in [-0.39, 0.29) is 23.2 Å². The molecular weight excluding hydrogens is 413 g/mol. The summed E-state index contributed by atoms with van der Waals surface area (Å²) >= 11 is 0. The maximum atomic E-state index is 13.2. The molecule has 1 spiro atoms. The number of esters is 1. The Hall–Kier alpha value is -3.72. The molecule has 162 valence electrons. The van der Waals surface area contributed by atoms with Crippen LogP contribution in [0.2, 0.25) is 0 Å². The van der Waals surface area contributed by atoms with Crippen LogP contribution < -0.4 is 0 Å². The standard InChI is InChI=1S/C23H18FN5O2.H2O/c24-15-3-1-13(2-4-15)19-26-12-18-21(28-19)29-20(27-18)14-5-8-23(9-6-14)17-11-25-10-7-16(17)22(30)31-23;/h1-4,7,10-12,14H,5-6,8-9H2,(H,26,27,28,29);1H2. The zero-order valence-corrected chi connectivity index (χ0v) is 17.0. The molecule has 0 atom stereocenters. The second-order valence-electron chi connectivity index (χ2n) is 8.14. The third-order valence-corrected chi connectivity index (χ3v) is 6.36. The first kappa shape index (κ1) is 20.2. The molecule has 3 N–H and O–H groups in total. The second-order valence-corrected chi connectivity index (χ2v) is 8.14. The van der Waals surface area contributed by atoms with Crippen molar-refractivity contribution in [1.29, 1.82) is 0 Å². The fraction of sp³-hybridized carbons (Fsp3) is 0.261. The molecule has 1 fully saturated rings. The number of imidazole rings is 1. The van der Waals surface area contributed by atoms with Crippen molar-refractivity contribution in [3.63, 3.8) is 0 Å². The van der Waals surface area contributed by atoms with Gasteiger partial charge in [-0.3, -0.25) is 4.98 Å². The van der Waals surface area contributed by atoms with Gasteiger partial charge < -0.3 is 15.2 Å². The van der Waals surface area contributed by atoms with E-state index in [0.29, 0.717) is 22.6 Å². The van der Waals surface area contributed by atoms with Crippen LogP contribution >= 0.6 is 0 Å². The number of hydrogen-bond acceptors (Lipinski definition) is 6. The van der Waals surface area contributed by atoms with Gasteiger partial charge in [-0.05, 0) is 56.0 Å². The number of nitrogens with zero attached hydrogens (tertiary/aromatic N) is 4. The van der Waals surface area contributed by atoms with E-state index < -0.39 is 5.60 Å². The van der Waals surface area contributed by atoms with Crippen LogP contribution in [0.3, 0.4) is 0 Å². The molecule has 2 aliphatic rings. The third-order valence-electron chi connectivity index (χ3n) is 6.36. The predicted molar refractivity (Wildman–Crippen MR) is 113 cm³/mol. The molecule has 0 unspecified atom stereocenters. The summed E-state index contributed by atoms with van der Waals surface area (Å²) < 4.78 is 19.0. The van der Waals surface area contributed by atoms with Gasteiger partial charge in [0, 0.05) is 29.4 Å². The van der Waals surface area contributed by atoms with E-state index in [2.05, 4.69) is 19.9 Å². The lowest BCUT2D eigenvalue weighted by molar-refractivity contribution is -0.0313. The van der Waals surface area contributed by atoms with Gasteiger partial charge in [-0.25, -0.2) is 24.1 Å². The molecule has 6 rings (SSSR count). The summed E-state index contributed by atoms with van der Waals surface area (Å²) in [4.78, 5) is 33.5. The van der Waals surface area contributed by atoms with E-state index >= 15 is 0 Å². The van der Waals surface area contributed by atoms with Crippen molar-refractivity contribution >= 4 is 17.1 Å². The lowest BCUT2D eigenvalue weighted by atomic mass is 9.75. The number of carbonyl (C=O) groups is 1. The van der Waals surface area contributed by atoms with E-state index in [1.54, 1.807) is 36.8 Å². The Kier molecular flexibility index (Phi) is 4.70. The molecule has 3 aromatic heterocycles. The van der Waals surface area contributed by atoms with E-state index in [1.165, 1.54) is 12.1 Å². The average molecular weight is 433 g/mol. The number of halogens is 1. The Labute approximate surface area is 182 Å². The lowest BCUT2D eigenvalue weighted by Crippen LogP contribution is -2.31. The quantitative estimate of drug-likeness (QED) is 0.483. The summed E-state index contributed by atoms with van der Waals surface area (Å²) in [5, 5.41) is 0. The van der Waals surface area contributed by atoms with Crippen LogP contribution in [0.4, 0.5) is 4.39 Å². The molecule has 1 aromatic carbocycles. The highest BCUT2D eigenvalue weighted by Crippen LogP contribution is 2.49. The van der Waals surface area contributed by atoms with Crippen molar-refractivity contribution in [3.8, 4) is 11.4 Å². The topological polar surface area (TPSA) is 125 Å². The predicted octanol–water partition coefficient (Wildman–Crippen LogP) is 3.45. The highest BCUT2D eigenvalue weighted by atomic mass is 19.1. The van der Waals surface area contributed by atoms with Gasteiger partial charge in [-0.15, -0.1) is 0 Å². The van der Waals surface area contributed by atoms with E-state index in [4.69, 9.17) is 9.72 Å². The van der Waals surface area contributed by atoms with Crippen LogP contribution in [0.1, 0.15) is 53.3 Å². The normalized spacial score (nSPS) is 21.9. The van der Waals surface area contributed by atoms with Crippen molar-refractivity contribution in [3.05, 3.63) is 71.7 Å². The van der Waals surface area contributed by atoms with Crippen LogP contribution in [0, 0.1) is 5.82 Å². The van der Waals surface area contributed by atoms with E-state index in [0.717, 1.165) is 42.6 Å². The van der Waals surface area contributed by atoms with E-state index in [9.17, 15) is 9.18 Å². The number of pyridine rings is 1. The largest absolute Gasteiger partial charge is 0.450 e. The molecule has 4 aromatic rings. The molecule has 32 heavy (non-hydrogen) atoms. The molecule has 0 radical (unpaired) electrons. The van der Waals surface area contributed by atoms with Crippen LogP contribution in [-0.4, -0.2) is 36.4 Å². The fourth-order valence-electron chi connectivity index (χ4n) is 4.71. The Morgan fingerprint density at radius 1 is 1.06 bits per heavy atom. The first-order valence-corrected chi connectivity index (χ1v) is 10.3. The molecule has 1 aliphatic carbocycles. The van der Waals surface area contributed by atoms with Crippen molar-refractivity contribution in [2.24, 2.45) is 0 Å². The smallest absolute Gasteiger partial charge is 0.339 e. The maximum Gasteiger partial charge on any atom is 0.339 e. The molecular formula is C23H20FN5O3. The summed E-state index contributed by atoms with van der Waals surface area (Å²) in [6.07, 6.45) is 8.19. The SMILES string of the molecule is O.O=C1OC2(CCC(c3nc4cnc(-c5ccc(F)cc5)nc4[nH]3)CC2)c2cnccc21. The number of aromatic nitrogens is 5. The molecule has 9 heteroatoms. The van der Waals surface area contributed by atoms with Crippen molar-refractivity contribution in [2.45, 2.75) is 37.2 Å². The second kappa shape index (κ2) is 7.45. The zero-order valence-electron chi connectivity index (χ0n) is 17.0. The molecule has 0 amide bonds. The number of carbonyl (C=O) groups excluding carboxylic acids is 1. The molecule has 1 aliphatic heterocycles. The minimum Gasteiger partial charge on any atom is -0.450 e. The van der Waals surface area contributed by atoms with Crippen molar-refractivity contribution < 1.29 is 19.4 Å². The maximum absolute atomic E-state index is 13.2. The van der Waals surface area contributed by atoms with Crippen LogP contribution in [-0.2, 0) is 10.3 Å². The minimum absolute atomic E-state index is 0. The summed E-state index contributed by atoms with van der Waals surface area (Å²) in [7, 11) is 0. The Morgan fingerprint density at radius 3 is 2.62 bits per heavy atom. The molecule has 0 bridgehead atoms. The van der Waals surface area contributed by atoms with E-state index in [1.807, 2.05) is 0 Å². The number of hydrogen-bond donors (Lipinski definition) is 1. The Balaban J connectivity index is 0.00000216. The third kappa shape index (κ3) is 3.13.